The number of allylic oxidation sites excluding steroid dienone is 2. The van der Waals surface area contributed by atoms with E-state index in [1.165, 1.54) is 33.5 Å². The van der Waals surface area contributed by atoms with Crippen LogP contribution in [0.3, 0.4) is 0 Å². The number of halogens is 1. The summed E-state index contributed by atoms with van der Waals surface area (Å²) in [6.45, 7) is 0. The van der Waals surface area contributed by atoms with Gasteiger partial charge in [0.25, 0.3) is 5.91 Å². The van der Waals surface area contributed by atoms with Gasteiger partial charge in [0.05, 0.1) is 24.9 Å². The van der Waals surface area contributed by atoms with Crippen LogP contribution in [-0.2, 0) is 14.4 Å². The number of carbonyl (C=O) groups excluding carboxylic acids is 3. The standard InChI is InChI=1S/C32H33IN2O6/c1-39-24-18-21(19-25(40-2)29(24)41-3)28(30(37)34-22-12-8-5-9-13-22)35-31(38)27(33)26(20-10-6-4-7-11-20)32(35)16-14-23(36)15-17-32/h4,6-7,10-11,14-19,22,28H,5,8-9,12-13H2,1-3H3,(H,34,37). The molecule has 2 aliphatic carbocycles. The highest BCUT2D eigenvalue weighted by Gasteiger charge is 2.54. The maximum atomic E-state index is 14.4. The van der Waals surface area contributed by atoms with Crippen molar-refractivity contribution in [3.05, 3.63) is 81.5 Å². The van der Waals surface area contributed by atoms with Crippen LogP contribution in [0.1, 0.15) is 49.3 Å². The second kappa shape index (κ2) is 12.1. The lowest BCUT2D eigenvalue weighted by Gasteiger charge is -2.42. The van der Waals surface area contributed by atoms with Gasteiger partial charge < -0.3 is 24.4 Å². The van der Waals surface area contributed by atoms with Crippen molar-refractivity contribution < 1.29 is 28.6 Å². The monoisotopic (exact) mass is 668 g/mol. The molecule has 1 N–H and O–H groups in total. The predicted molar refractivity (Wildman–Crippen MR) is 164 cm³/mol. The van der Waals surface area contributed by atoms with Crippen molar-refractivity contribution in [1.82, 2.24) is 10.2 Å². The lowest BCUT2D eigenvalue weighted by molar-refractivity contribution is -0.139. The van der Waals surface area contributed by atoms with E-state index >= 15 is 0 Å². The van der Waals surface area contributed by atoms with Crippen molar-refractivity contribution in [2.45, 2.75) is 49.7 Å². The number of amides is 2. The van der Waals surface area contributed by atoms with E-state index in [0.717, 1.165) is 37.7 Å². The van der Waals surface area contributed by atoms with Crippen LogP contribution >= 0.6 is 22.6 Å². The summed E-state index contributed by atoms with van der Waals surface area (Å²) in [6.07, 6.45) is 11.4. The van der Waals surface area contributed by atoms with Gasteiger partial charge in [-0.2, -0.15) is 0 Å². The Hall–Kier alpha value is -3.60. The second-order valence-electron chi connectivity index (χ2n) is 10.3. The minimum absolute atomic E-state index is 0.00841. The van der Waals surface area contributed by atoms with Gasteiger partial charge in [0.2, 0.25) is 11.7 Å². The molecular weight excluding hydrogens is 635 g/mol. The number of nitrogens with zero attached hydrogens (tertiary/aromatic N) is 1. The molecule has 8 nitrogen and oxygen atoms in total. The molecule has 2 aromatic carbocycles. The Morgan fingerprint density at radius 1 is 0.951 bits per heavy atom. The topological polar surface area (TPSA) is 94.2 Å². The SMILES string of the molecule is COc1cc(C(C(=O)NC2CCCCC2)N2C(=O)C(I)=C(c3ccccc3)C23C=CC(=O)C=C3)cc(OC)c1OC. The zero-order valence-corrected chi connectivity index (χ0v) is 25.5. The molecule has 1 saturated carbocycles. The highest BCUT2D eigenvalue weighted by molar-refractivity contribution is 14.1. The molecule has 1 fully saturated rings. The maximum absolute atomic E-state index is 14.4. The number of carbonyl (C=O) groups is 3. The number of rotatable bonds is 8. The van der Waals surface area contributed by atoms with Gasteiger partial charge in [-0.05, 0) is 83.0 Å². The van der Waals surface area contributed by atoms with Gasteiger partial charge in [0.15, 0.2) is 17.3 Å². The van der Waals surface area contributed by atoms with Crippen molar-refractivity contribution in [2.24, 2.45) is 0 Å². The number of ether oxygens (including phenoxy) is 3. The second-order valence-corrected chi connectivity index (χ2v) is 11.4. The summed E-state index contributed by atoms with van der Waals surface area (Å²) in [4.78, 5) is 42.7. The van der Waals surface area contributed by atoms with Gasteiger partial charge in [0, 0.05) is 11.6 Å². The van der Waals surface area contributed by atoms with Crippen LogP contribution < -0.4 is 19.5 Å². The molecule has 5 rings (SSSR count). The van der Waals surface area contributed by atoms with Crippen LogP contribution in [0.2, 0.25) is 0 Å². The molecule has 1 atom stereocenters. The van der Waals surface area contributed by atoms with Crippen LogP contribution in [0.25, 0.3) is 5.57 Å². The number of hydrogen-bond acceptors (Lipinski definition) is 6. The fraction of sp³-hybridized carbons (Fsp3) is 0.344. The highest BCUT2D eigenvalue weighted by Crippen LogP contribution is 2.52. The van der Waals surface area contributed by atoms with Gasteiger partial charge in [-0.3, -0.25) is 14.4 Å². The van der Waals surface area contributed by atoms with E-state index < -0.39 is 11.6 Å². The minimum atomic E-state index is -1.18. The summed E-state index contributed by atoms with van der Waals surface area (Å²) in [7, 11) is 4.53. The van der Waals surface area contributed by atoms with Crippen molar-refractivity contribution in [3.8, 4) is 17.2 Å². The first-order chi connectivity index (χ1) is 19.8. The lowest BCUT2D eigenvalue weighted by Crippen LogP contribution is -2.53. The molecule has 1 unspecified atom stereocenters. The molecule has 0 bridgehead atoms. The first kappa shape index (κ1) is 28.9. The predicted octanol–water partition coefficient (Wildman–Crippen LogP) is 5.32. The van der Waals surface area contributed by atoms with E-state index in [9.17, 15) is 14.4 Å². The highest BCUT2D eigenvalue weighted by atomic mass is 127. The quantitative estimate of drug-likeness (QED) is 0.383. The zero-order valence-electron chi connectivity index (χ0n) is 23.3. The molecule has 9 heteroatoms. The van der Waals surface area contributed by atoms with Crippen LogP contribution in [0, 0.1) is 0 Å². The van der Waals surface area contributed by atoms with Gasteiger partial charge in [-0.25, -0.2) is 0 Å². The van der Waals surface area contributed by atoms with Gasteiger partial charge in [-0.1, -0.05) is 49.6 Å². The average molecular weight is 669 g/mol. The fourth-order valence-corrected chi connectivity index (χ4v) is 7.03. The lowest BCUT2D eigenvalue weighted by atomic mass is 9.81. The van der Waals surface area contributed by atoms with E-state index in [2.05, 4.69) is 27.9 Å². The van der Waals surface area contributed by atoms with Crippen LogP contribution in [0.5, 0.6) is 17.2 Å². The molecule has 0 aromatic heterocycles. The Bertz CT molecular complexity index is 1400. The zero-order chi connectivity index (χ0) is 29.1. The number of ketones is 1. The minimum Gasteiger partial charge on any atom is -0.493 e. The molecule has 2 amide bonds. The Morgan fingerprint density at radius 3 is 2.12 bits per heavy atom. The summed E-state index contributed by atoms with van der Waals surface area (Å²) in [5, 5.41) is 3.24. The first-order valence-corrected chi connectivity index (χ1v) is 14.7. The maximum Gasteiger partial charge on any atom is 0.262 e. The Morgan fingerprint density at radius 2 is 1.56 bits per heavy atom. The smallest absolute Gasteiger partial charge is 0.262 e. The average Bonchev–Trinajstić information content (AvgIpc) is 3.20. The Kier molecular flexibility index (Phi) is 8.53. The molecule has 1 spiro atoms. The Balaban J connectivity index is 1.72. The number of nitrogens with one attached hydrogen (secondary N) is 1. The molecule has 2 aromatic rings. The van der Waals surface area contributed by atoms with E-state index in [1.807, 2.05) is 30.3 Å². The summed E-state index contributed by atoms with van der Waals surface area (Å²) in [5.41, 5.74) is 0.856. The summed E-state index contributed by atoms with van der Waals surface area (Å²) < 4.78 is 17.3. The summed E-state index contributed by atoms with van der Waals surface area (Å²) in [5.74, 6) is 0.311. The normalized spacial score (nSPS) is 19.1. The number of methoxy groups -OCH3 is 3. The molecule has 0 saturated heterocycles. The molecule has 1 heterocycles. The van der Waals surface area contributed by atoms with E-state index in [-0.39, 0.29) is 23.6 Å². The van der Waals surface area contributed by atoms with Crippen molar-refractivity contribution in [1.29, 1.82) is 0 Å². The van der Waals surface area contributed by atoms with E-state index in [4.69, 9.17) is 14.2 Å². The first-order valence-electron chi connectivity index (χ1n) is 13.7. The van der Waals surface area contributed by atoms with Crippen molar-refractivity contribution in [2.75, 3.05) is 21.3 Å². The third-order valence-corrected chi connectivity index (χ3v) is 8.95. The summed E-state index contributed by atoms with van der Waals surface area (Å²) in [6, 6.07) is 11.9. The van der Waals surface area contributed by atoms with Gasteiger partial charge in [0.1, 0.15) is 11.6 Å². The largest absolute Gasteiger partial charge is 0.493 e. The Labute approximate surface area is 253 Å². The molecule has 0 radical (unpaired) electrons. The van der Waals surface area contributed by atoms with Crippen LogP contribution in [0.15, 0.2) is 70.3 Å². The molecular formula is C32H33IN2O6. The van der Waals surface area contributed by atoms with E-state index in [1.54, 1.807) is 29.2 Å². The molecule has 3 aliphatic rings. The fourth-order valence-electron chi connectivity index (χ4n) is 6.03. The van der Waals surface area contributed by atoms with Crippen molar-refractivity contribution in [3.63, 3.8) is 0 Å². The molecule has 1 aliphatic heterocycles. The molecule has 41 heavy (non-hydrogen) atoms. The third kappa shape index (κ3) is 5.27. The number of benzene rings is 2. The number of hydrogen-bond donors (Lipinski definition) is 1. The van der Waals surface area contributed by atoms with Gasteiger partial charge >= 0.3 is 0 Å². The van der Waals surface area contributed by atoms with Crippen LogP contribution in [-0.4, -0.2) is 55.4 Å². The third-order valence-electron chi connectivity index (χ3n) is 7.95. The van der Waals surface area contributed by atoms with Gasteiger partial charge in [-0.15, -0.1) is 0 Å². The van der Waals surface area contributed by atoms with E-state index in [0.29, 0.717) is 32.0 Å². The summed E-state index contributed by atoms with van der Waals surface area (Å²) >= 11 is 2.06. The van der Waals surface area contributed by atoms with Crippen LogP contribution in [0.4, 0.5) is 0 Å². The molecule has 214 valence electrons. The van der Waals surface area contributed by atoms with Crippen molar-refractivity contribution >= 4 is 45.8 Å².